The van der Waals surface area contributed by atoms with E-state index >= 15 is 0 Å². The number of allylic oxidation sites excluding steroid dienone is 4. The van der Waals surface area contributed by atoms with Gasteiger partial charge >= 0.3 is 0 Å². The van der Waals surface area contributed by atoms with E-state index in [-0.39, 0.29) is 0 Å². The summed E-state index contributed by atoms with van der Waals surface area (Å²) in [6.45, 7) is 2.27. The van der Waals surface area contributed by atoms with Crippen molar-refractivity contribution in [1.82, 2.24) is 0 Å². The van der Waals surface area contributed by atoms with Crippen molar-refractivity contribution in [2.24, 2.45) is 0 Å². The lowest BCUT2D eigenvalue weighted by Gasteiger charge is -2.13. The minimum Gasteiger partial charge on any atom is -0.0719 e. The lowest BCUT2D eigenvalue weighted by molar-refractivity contribution is 0.780. The highest BCUT2D eigenvalue weighted by Gasteiger charge is 2.19. The Morgan fingerprint density at radius 2 is 1.43 bits per heavy atom. The number of hydrogen-bond acceptors (Lipinski definition) is 0. The van der Waals surface area contributed by atoms with Gasteiger partial charge in [-0.05, 0) is 41.5 Å². The van der Waals surface area contributed by atoms with Gasteiger partial charge in [0.15, 0.2) is 0 Å². The maximum atomic E-state index is 2.41. The summed E-state index contributed by atoms with van der Waals surface area (Å²) in [6, 6.07) is 21.6. The second-order valence-corrected chi connectivity index (χ2v) is 5.64. The van der Waals surface area contributed by atoms with E-state index in [1.165, 1.54) is 41.5 Å². The first-order chi connectivity index (χ1) is 10.4. The lowest BCUT2D eigenvalue weighted by Crippen LogP contribution is -1.91. The average molecular weight is 274 g/mol. The van der Waals surface area contributed by atoms with Crippen molar-refractivity contribution in [3.8, 4) is 0 Å². The van der Waals surface area contributed by atoms with Crippen molar-refractivity contribution in [2.75, 3.05) is 0 Å². The maximum Gasteiger partial charge on any atom is -0.0113 e. The van der Waals surface area contributed by atoms with Crippen LogP contribution in [0, 0.1) is 0 Å². The Balaban J connectivity index is 2.03. The van der Waals surface area contributed by atoms with E-state index < -0.39 is 0 Å². The van der Waals surface area contributed by atoms with Crippen molar-refractivity contribution in [2.45, 2.75) is 32.6 Å². The molecule has 0 amide bonds. The summed E-state index contributed by atoms with van der Waals surface area (Å²) >= 11 is 0. The second kappa shape index (κ2) is 6.58. The summed E-state index contributed by atoms with van der Waals surface area (Å²) in [5.41, 5.74) is 7.17. The van der Waals surface area contributed by atoms with Gasteiger partial charge in [0.05, 0.1) is 0 Å². The Morgan fingerprint density at radius 3 is 2.05 bits per heavy atom. The number of unbranched alkanes of at least 4 members (excludes halogenated alkanes) is 1. The molecule has 0 N–H and O–H groups in total. The zero-order valence-electron chi connectivity index (χ0n) is 12.7. The largest absolute Gasteiger partial charge is 0.0719 e. The van der Waals surface area contributed by atoms with Crippen molar-refractivity contribution < 1.29 is 0 Å². The van der Waals surface area contributed by atoms with Crippen LogP contribution in [0.1, 0.15) is 43.7 Å². The zero-order valence-corrected chi connectivity index (χ0v) is 12.7. The Bertz CT molecular complexity index is 645. The third-order valence-electron chi connectivity index (χ3n) is 4.15. The molecule has 1 aliphatic rings. The standard InChI is InChI=1S/C21H22/c1-2-3-10-19-15-16-20(17-11-6-4-7-12-17)21(19)18-13-8-5-9-14-18/h4-9,11-14,16H,2-3,10,15H2,1H3. The molecule has 3 rings (SSSR count). The van der Waals surface area contributed by atoms with E-state index in [0.717, 1.165) is 6.42 Å². The van der Waals surface area contributed by atoms with E-state index in [4.69, 9.17) is 0 Å². The van der Waals surface area contributed by atoms with Crippen molar-refractivity contribution in [3.05, 3.63) is 83.4 Å². The normalized spacial score (nSPS) is 14.4. The molecule has 2 aromatic rings. The molecule has 0 atom stereocenters. The van der Waals surface area contributed by atoms with Gasteiger partial charge < -0.3 is 0 Å². The molecule has 0 heterocycles. The highest BCUT2D eigenvalue weighted by Crippen LogP contribution is 2.41. The topological polar surface area (TPSA) is 0 Å². The Hall–Kier alpha value is -2.08. The van der Waals surface area contributed by atoms with Crippen LogP contribution in [0.3, 0.4) is 0 Å². The molecule has 0 aromatic heterocycles. The van der Waals surface area contributed by atoms with Crippen LogP contribution in [0.5, 0.6) is 0 Å². The van der Waals surface area contributed by atoms with Gasteiger partial charge in [-0.1, -0.05) is 85.7 Å². The second-order valence-electron chi connectivity index (χ2n) is 5.64. The van der Waals surface area contributed by atoms with Crippen LogP contribution < -0.4 is 0 Å². The molecule has 0 saturated carbocycles. The summed E-state index contributed by atoms with van der Waals surface area (Å²) < 4.78 is 0. The van der Waals surface area contributed by atoms with Gasteiger partial charge in [-0.2, -0.15) is 0 Å². The fourth-order valence-electron chi connectivity index (χ4n) is 3.08. The molecular weight excluding hydrogens is 252 g/mol. The van der Waals surface area contributed by atoms with E-state index in [1.54, 1.807) is 5.57 Å². The molecule has 0 unspecified atom stereocenters. The SMILES string of the molecule is CCCCC1=C(c2ccccc2)C(c2ccccc2)=CC1. The Morgan fingerprint density at radius 1 is 0.810 bits per heavy atom. The molecule has 0 fully saturated rings. The van der Waals surface area contributed by atoms with E-state index in [2.05, 4.69) is 73.7 Å². The highest BCUT2D eigenvalue weighted by molar-refractivity contribution is 6.08. The third kappa shape index (κ3) is 3.00. The van der Waals surface area contributed by atoms with Crippen LogP contribution in [0.2, 0.25) is 0 Å². The zero-order chi connectivity index (χ0) is 14.5. The predicted molar refractivity (Wildman–Crippen MR) is 91.9 cm³/mol. The van der Waals surface area contributed by atoms with Crippen molar-refractivity contribution in [1.29, 1.82) is 0 Å². The van der Waals surface area contributed by atoms with Crippen LogP contribution in [-0.4, -0.2) is 0 Å². The van der Waals surface area contributed by atoms with Gasteiger partial charge in [0, 0.05) is 0 Å². The molecular formula is C21H22. The van der Waals surface area contributed by atoms with Crippen LogP contribution in [0.25, 0.3) is 11.1 Å². The summed E-state index contributed by atoms with van der Waals surface area (Å²) in [5, 5.41) is 0. The van der Waals surface area contributed by atoms with Gasteiger partial charge in [0.1, 0.15) is 0 Å². The van der Waals surface area contributed by atoms with E-state index in [1.807, 2.05) is 0 Å². The number of hydrogen-bond donors (Lipinski definition) is 0. The summed E-state index contributed by atoms with van der Waals surface area (Å²) in [6.07, 6.45) is 7.26. The molecule has 106 valence electrons. The molecule has 2 aromatic carbocycles. The molecule has 21 heavy (non-hydrogen) atoms. The van der Waals surface area contributed by atoms with Crippen molar-refractivity contribution >= 4 is 11.1 Å². The maximum absolute atomic E-state index is 2.41. The quantitative estimate of drug-likeness (QED) is 0.616. The van der Waals surface area contributed by atoms with Gasteiger partial charge in [-0.25, -0.2) is 0 Å². The molecule has 1 aliphatic carbocycles. The first-order valence-corrected chi connectivity index (χ1v) is 7.93. The number of rotatable bonds is 5. The fourth-order valence-corrected chi connectivity index (χ4v) is 3.08. The van der Waals surface area contributed by atoms with E-state index in [9.17, 15) is 0 Å². The molecule has 0 spiro atoms. The van der Waals surface area contributed by atoms with Crippen LogP contribution >= 0.6 is 0 Å². The summed E-state index contributed by atoms with van der Waals surface area (Å²) in [4.78, 5) is 0. The molecule has 0 nitrogen and oxygen atoms in total. The van der Waals surface area contributed by atoms with Crippen LogP contribution in [0.4, 0.5) is 0 Å². The monoisotopic (exact) mass is 274 g/mol. The Kier molecular flexibility index (Phi) is 4.35. The predicted octanol–water partition coefficient (Wildman–Crippen LogP) is 6.12. The first-order valence-electron chi connectivity index (χ1n) is 7.93. The van der Waals surface area contributed by atoms with Gasteiger partial charge in [-0.15, -0.1) is 0 Å². The summed E-state index contributed by atoms with van der Waals surface area (Å²) in [5.74, 6) is 0. The third-order valence-corrected chi connectivity index (χ3v) is 4.15. The van der Waals surface area contributed by atoms with Crippen molar-refractivity contribution in [3.63, 3.8) is 0 Å². The minimum atomic E-state index is 1.11. The highest BCUT2D eigenvalue weighted by atomic mass is 14.2. The smallest absolute Gasteiger partial charge is 0.0113 e. The molecule has 0 saturated heterocycles. The van der Waals surface area contributed by atoms with E-state index in [0.29, 0.717) is 0 Å². The average Bonchev–Trinajstić information content (AvgIpc) is 2.98. The van der Waals surface area contributed by atoms with Crippen LogP contribution in [-0.2, 0) is 0 Å². The minimum absolute atomic E-state index is 1.11. The molecule has 0 radical (unpaired) electrons. The lowest BCUT2D eigenvalue weighted by atomic mass is 9.91. The molecule has 0 bridgehead atoms. The van der Waals surface area contributed by atoms with Gasteiger partial charge in [0.2, 0.25) is 0 Å². The first kappa shape index (κ1) is 13.9. The molecule has 0 heteroatoms. The van der Waals surface area contributed by atoms with Gasteiger partial charge in [0.25, 0.3) is 0 Å². The summed E-state index contributed by atoms with van der Waals surface area (Å²) in [7, 11) is 0. The van der Waals surface area contributed by atoms with Gasteiger partial charge in [-0.3, -0.25) is 0 Å². The fraction of sp³-hybridized carbons (Fsp3) is 0.238. The number of benzene rings is 2. The Labute approximate surface area is 127 Å². The van der Waals surface area contributed by atoms with Crippen LogP contribution in [0.15, 0.2) is 72.3 Å². The molecule has 0 aliphatic heterocycles.